The largest absolute Gasteiger partial charge is 0.459 e. The van der Waals surface area contributed by atoms with E-state index in [-0.39, 0.29) is 49.0 Å². The first-order chi connectivity index (χ1) is 28.3. The monoisotopic (exact) mass is 903 g/mol. The van der Waals surface area contributed by atoms with Crippen molar-refractivity contribution in [3.8, 4) is 0 Å². The number of rotatable bonds is 8. The zero-order valence-corrected chi connectivity index (χ0v) is 39.9. The van der Waals surface area contributed by atoms with Crippen LogP contribution in [-0.4, -0.2) is 164 Å². The topological polar surface area (TPSA) is 192 Å². The van der Waals surface area contributed by atoms with Gasteiger partial charge in [0.05, 0.1) is 47.6 Å². The van der Waals surface area contributed by atoms with Crippen LogP contribution >= 0.6 is 23.8 Å². The van der Waals surface area contributed by atoms with E-state index < -0.39 is 96.0 Å². The standard InChI is InChI=1S/C44H74ClN3O12S/c1-14-32-44(10,54)36(50)27(6)48(41(61)46-30-17-15-29(45)16-18-30)22-23(2)20-42(8,53)38(60-40-34(49)31(47(11)12)19-24(3)56-40)25(4)35(26(5)39(52)58-32)59-33-21-43(9,55-13)37(51)28(7)57-33/h15-18,23-28,31-38,40,49-51,53-54H,14,19-22H2,1-13H3,(H,46,61)/t23-,24-,25+,26-,27-,28+,31+,32-,33+,34-,35+,36-,37+,38-,40?,42?,43-,44-/m1/s1. The van der Waals surface area contributed by atoms with Gasteiger partial charge in [-0.3, -0.25) is 4.79 Å². The number of hydrogen-bond acceptors (Lipinski definition) is 14. The predicted octanol–water partition coefficient (Wildman–Crippen LogP) is 4.32. The van der Waals surface area contributed by atoms with Gasteiger partial charge in [0.2, 0.25) is 0 Å². The number of carbonyl (C=O) groups excluding carboxylic acids is 1. The third kappa shape index (κ3) is 12.1. The Labute approximate surface area is 373 Å². The van der Waals surface area contributed by atoms with Crippen LogP contribution < -0.4 is 5.32 Å². The van der Waals surface area contributed by atoms with Crippen LogP contribution in [0.3, 0.4) is 0 Å². The second-order valence-corrected chi connectivity index (χ2v) is 19.6. The average Bonchev–Trinajstić information content (AvgIpc) is 3.18. The van der Waals surface area contributed by atoms with E-state index in [2.05, 4.69) is 5.32 Å². The predicted molar refractivity (Wildman–Crippen MR) is 236 cm³/mol. The first-order valence-electron chi connectivity index (χ1n) is 21.6. The molecule has 17 heteroatoms. The van der Waals surface area contributed by atoms with E-state index in [1.54, 1.807) is 77.6 Å². The van der Waals surface area contributed by atoms with Gasteiger partial charge in [0.25, 0.3) is 0 Å². The number of esters is 1. The van der Waals surface area contributed by atoms with E-state index in [4.69, 9.17) is 52.2 Å². The molecule has 6 N–H and O–H groups in total. The molecule has 61 heavy (non-hydrogen) atoms. The number of carbonyl (C=O) groups is 1. The fourth-order valence-corrected chi connectivity index (χ4v) is 9.99. The average molecular weight is 905 g/mol. The summed E-state index contributed by atoms with van der Waals surface area (Å²) in [7, 11) is 5.24. The number of cyclic esters (lactones) is 1. The molecule has 3 aliphatic rings. The molecular weight excluding hydrogens is 830 g/mol. The Kier molecular flexibility index (Phi) is 17.9. The fraction of sp³-hybridized carbons (Fsp3) is 0.818. The van der Waals surface area contributed by atoms with E-state index in [9.17, 15) is 30.3 Å². The van der Waals surface area contributed by atoms with Crippen LogP contribution in [-0.2, 0) is 33.2 Å². The van der Waals surface area contributed by atoms with Gasteiger partial charge in [-0.25, -0.2) is 0 Å². The Morgan fingerprint density at radius 3 is 2.18 bits per heavy atom. The number of benzene rings is 1. The van der Waals surface area contributed by atoms with Crippen LogP contribution in [0.25, 0.3) is 0 Å². The van der Waals surface area contributed by atoms with Crippen molar-refractivity contribution in [2.24, 2.45) is 17.8 Å². The SMILES string of the molecule is CC[C@H]1OC(=O)[C@H](C)[C@@H](O[C@H]2C[C@@](C)(OC)[C@@H](O)[C@H](C)O2)[C@H](C)[C@@H](OC2O[C@H](C)C[C@H](N(C)C)[C@H]2O)C(C)(O)C[C@@H](C)CN(C(=S)Nc2ccc(Cl)cc2)[C@H](C)[C@@H](O)[C@]1(C)O. The molecule has 350 valence electrons. The van der Waals surface area contributed by atoms with Crippen LogP contribution in [0.2, 0.25) is 5.02 Å². The van der Waals surface area contributed by atoms with Crippen molar-refractivity contribution < 1.29 is 58.7 Å². The van der Waals surface area contributed by atoms with Crippen molar-refractivity contribution in [3.05, 3.63) is 29.3 Å². The molecule has 2 unspecified atom stereocenters. The molecule has 0 aromatic heterocycles. The molecule has 15 nitrogen and oxygen atoms in total. The van der Waals surface area contributed by atoms with Gasteiger partial charge in [-0.2, -0.15) is 0 Å². The minimum atomic E-state index is -1.97. The molecule has 0 amide bonds. The molecule has 3 fully saturated rings. The summed E-state index contributed by atoms with van der Waals surface area (Å²) in [4.78, 5) is 18.2. The van der Waals surface area contributed by atoms with Crippen LogP contribution in [0, 0.1) is 17.8 Å². The van der Waals surface area contributed by atoms with Gasteiger partial charge in [-0.15, -0.1) is 0 Å². The Hall–Kier alpha value is -1.77. The summed E-state index contributed by atoms with van der Waals surface area (Å²) in [5.74, 6) is -2.99. The zero-order chi connectivity index (χ0) is 45.9. The Morgan fingerprint density at radius 2 is 1.61 bits per heavy atom. The highest BCUT2D eigenvalue weighted by Gasteiger charge is 2.53. The summed E-state index contributed by atoms with van der Waals surface area (Å²) in [6, 6.07) is 5.82. The number of anilines is 1. The first kappa shape index (κ1) is 51.9. The molecule has 1 aromatic carbocycles. The van der Waals surface area contributed by atoms with Crippen molar-refractivity contribution in [2.75, 3.05) is 33.1 Å². The van der Waals surface area contributed by atoms with Crippen LogP contribution in [0.5, 0.6) is 0 Å². The van der Waals surface area contributed by atoms with E-state index in [1.807, 2.05) is 32.8 Å². The van der Waals surface area contributed by atoms with Gasteiger partial charge in [0.1, 0.15) is 30.0 Å². The van der Waals surface area contributed by atoms with E-state index in [0.717, 1.165) is 0 Å². The summed E-state index contributed by atoms with van der Waals surface area (Å²) in [6.07, 6.45) is -9.24. The molecule has 3 aliphatic heterocycles. The second-order valence-electron chi connectivity index (χ2n) is 18.8. The molecule has 0 saturated carbocycles. The number of hydrogen-bond donors (Lipinski definition) is 6. The second kappa shape index (κ2) is 21.0. The van der Waals surface area contributed by atoms with Crippen molar-refractivity contribution in [3.63, 3.8) is 0 Å². The number of halogens is 1. The van der Waals surface area contributed by atoms with Crippen molar-refractivity contribution in [1.29, 1.82) is 0 Å². The van der Waals surface area contributed by atoms with Gasteiger partial charge in [-0.05, 0) is 124 Å². The summed E-state index contributed by atoms with van der Waals surface area (Å²) in [6.45, 7) is 17.5. The highest BCUT2D eigenvalue weighted by molar-refractivity contribution is 7.80. The summed E-state index contributed by atoms with van der Waals surface area (Å²) < 4.78 is 37.9. The molecule has 1 aromatic rings. The Bertz CT molecular complexity index is 1590. The summed E-state index contributed by atoms with van der Waals surface area (Å²) in [5, 5.41) is 63.7. The first-order valence-corrected chi connectivity index (χ1v) is 22.4. The van der Waals surface area contributed by atoms with E-state index in [1.165, 1.54) is 14.0 Å². The number of aliphatic hydroxyl groups is 5. The smallest absolute Gasteiger partial charge is 0.311 e. The van der Waals surface area contributed by atoms with Crippen LogP contribution in [0.1, 0.15) is 94.9 Å². The van der Waals surface area contributed by atoms with Crippen molar-refractivity contribution in [1.82, 2.24) is 9.80 Å². The van der Waals surface area contributed by atoms with Gasteiger partial charge in [0, 0.05) is 42.7 Å². The molecule has 0 bridgehead atoms. The number of nitrogens with one attached hydrogen (secondary N) is 1. The lowest BCUT2D eigenvalue weighted by Gasteiger charge is -2.49. The maximum atomic E-state index is 14.5. The molecule has 0 spiro atoms. The quantitative estimate of drug-likeness (QED) is 0.160. The molecule has 4 rings (SSSR count). The number of methoxy groups -OCH3 is 1. The van der Waals surface area contributed by atoms with E-state index in [0.29, 0.717) is 17.1 Å². The number of likely N-dealkylation sites (N-methyl/N-ethyl adjacent to an activating group) is 1. The molecule has 3 saturated heterocycles. The normalized spacial score (nSPS) is 43.6. The Balaban J connectivity index is 1.86. The minimum Gasteiger partial charge on any atom is -0.459 e. The number of thiocarbonyl (C=S) groups is 1. The number of nitrogens with zero attached hydrogens (tertiary/aromatic N) is 2. The third-order valence-electron chi connectivity index (χ3n) is 13.3. The Morgan fingerprint density at radius 1 is 0.984 bits per heavy atom. The maximum absolute atomic E-state index is 14.5. The fourth-order valence-electron chi connectivity index (χ4n) is 9.51. The number of aliphatic hydroxyl groups excluding tert-OH is 3. The maximum Gasteiger partial charge on any atom is 0.311 e. The van der Waals surface area contributed by atoms with Crippen molar-refractivity contribution >= 4 is 40.6 Å². The lowest BCUT2D eigenvalue weighted by molar-refractivity contribution is -0.318. The third-order valence-corrected chi connectivity index (χ3v) is 13.9. The van der Waals surface area contributed by atoms with Crippen LogP contribution in [0.4, 0.5) is 5.69 Å². The lowest BCUT2D eigenvalue weighted by Crippen LogP contribution is -2.61. The van der Waals surface area contributed by atoms with Gasteiger partial charge < -0.3 is 69.1 Å². The molecular formula is C44H74ClN3O12S. The lowest BCUT2D eigenvalue weighted by atomic mass is 9.77. The summed E-state index contributed by atoms with van der Waals surface area (Å²) >= 11 is 12.1. The number of ether oxygens (including phenoxy) is 6. The minimum absolute atomic E-state index is 0.0988. The van der Waals surface area contributed by atoms with E-state index >= 15 is 0 Å². The highest BCUT2D eigenvalue weighted by Crippen LogP contribution is 2.40. The van der Waals surface area contributed by atoms with Gasteiger partial charge in [-0.1, -0.05) is 32.4 Å². The highest BCUT2D eigenvalue weighted by atomic mass is 35.5. The molecule has 0 radical (unpaired) electrons. The molecule has 3 heterocycles. The zero-order valence-electron chi connectivity index (χ0n) is 38.3. The van der Waals surface area contributed by atoms with Crippen LogP contribution in [0.15, 0.2) is 24.3 Å². The molecule has 0 aliphatic carbocycles. The molecule has 18 atom stereocenters. The van der Waals surface area contributed by atoms with Gasteiger partial charge in [0.15, 0.2) is 17.7 Å². The van der Waals surface area contributed by atoms with Crippen molar-refractivity contribution in [2.45, 2.75) is 185 Å². The van der Waals surface area contributed by atoms with Gasteiger partial charge >= 0.3 is 5.97 Å². The summed E-state index contributed by atoms with van der Waals surface area (Å²) in [5.41, 5.74) is -4.06.